The number of rotatable bonds is 4. The molecule has 0 aliphatic rings. The summed E-state index contributed by atoms with van der Waals surface area (Å²) < 4.78 is 6.99. The molecule has 0 amide bonds. The van der Waals surface area contributed by atoms with Crippen LogP contribution in [0.25, 0.3) is 11.0 Å². The first kappa shape index (κ1) is 12.7. The Labute approximate surface area is 107 Å². The second-order valence-electron chi connectivity index (χ2n) is 4.58. The topological polar surface area (TPSA) is 47.0 Å². The maximum atomic E-state index is 11.8. The minimum absolute atomic E-state index is 0.0956. The van der Waals surface area contributed by atoms with Crippen LogP contribution in [0.3, 0.4) is 0 Å². The third-order valence-corrected chi connectivity index (χ3v) is 3.69. The van der Waals surface area contributed by atoms with Gasteiger partial charge < -0.3 is 9.72 Å². The summed E-state index contributed by atoms with van der Waals surface area (Å²) in [6.07, 6.45) is 2.13. The van der Waals surface area contributed by atoms with E-state index in [-0.39, 0.29) is 5.69 Å². The van der Waals surface area contributed by atoms with Gasteiger partial charge in [0.1, 0.15) is 11.3 Å². The summed E-state index contributed by atoms with van der Waals surface area (Å²) in [4.78, 5) is 14.7. The van der Waals surface area contributed by atoms with Gasteiger partial charge in [0.05, 0.1) is 12.6 Å². The molecule has 1 aromatic heterocycles. The van der Waals surface area contributed by atoms with Crippen LogP contribution in [0.4, 0.5) is 0 Å². The van der Waals surface area contributed by atoms with Gasteiger partial charge in [-0.05, 0) is 30.4 Å². The van der Waals surface area contributed by atoms with Gasteiger partial charge in [-0.25, -0.2) is 4.79 Å². The van der Waals surface area contributed by atoms with Gasteiger partial charge in [0, 0.05) is 7.05 Å². The van der Waals surface area contributed by atoms with Crippen molar-refractivity contribution in [3.8, 4) is 5.75 Å². The van der Waals surface area contributed by atoms with Gasteiger partial charge in [0.25, 0.3) is 0 Å². The van der Waals surface area contributed by atoms with Gasteiger partial charge in [0.15, 0.2) is 0 Å². The van der Waals surface area contributed by atoms with E-state index in [4.69, 9.17) is 4.74 Å². The van der Waals surface area contributed by atoms with Crippen molar-refractivity contribution in [2.75, 3.05) is 7.11 Å². The molecule has 98 valence electrons. The summed E-state index contributed by atoms with van der Waals surface area (Å²) in [5, 5.41) is 0. The number of nitrogens with zero attached hydrogens (tertiary/aromatic N) is 1. The third kappa shape index (κ3) is 1.82. The number of fused-ring (bicyclic) bond motifs is 1. The monoisotopic (exact) mass is 248 g/mol. The maximum Gasteiger partial charge on any atom is 0.326 e. The Hall–Kier alpha value is -1.71. The number of nitrogens with one attached hydrogen (secondary N) is 1. The van der Waals surface area contributed by atoms with Crippen molar-refractivity contribution < 1.29 is 4.74 Å². The predicted molar refractivity (Wildman–Crippen MR) is 73.4 cm³/mol. The zero-order valence-corrected chi connectivity index (χ0v) is 11.4. The molecule has 0 saturated heterocycles. The Morgan fingerprint density at radius 2 is 2.00 bits per heavy atom. The SMILES string of the molecule is CCC(CC)c1ccc(OC)c2[nH]c(=O)n(C)c12. The molecule has 1 aromatic carbocycles. The zero-order chi connectivity index (χ0) is 13.3. The van der Waals surface area contributed by atoms with Gasteiger partial charge >= 0.3 is 5.69 Å². The molecular formula is C14H20N2O2. The first-order valence-corrected chi connectivity index (χ1v) is 6.39. The minimum atomic E-state index is -0.0956. The molecule has 0 saturated carbocycles. The van der Waals surface area contributed by atoms with E-state index in [9.17, 15) is 4.79 Å². The second kappa shape index (κ2) is 4.88. The highest BCUT2D eigenvalue weighted by Gasteiger charge is 2.17. The van der Waals surface area contributed by atoms with E-state index in [0.29, 0.717) is 5.92 Å². The van der Waals surface area contributed by atoms with Gasteiger partial charge in [-0.15, -0.1) is 0 Å². The summed E-state index contributed by atoms with van der Waals surface area (Å²) in [6, 6.07) is 4.01. The van der Waals surface area contributed by atoms with Gasteiger partial charge in [-0.1, -0.05) is 19.9 Å². The fraction of sp³-hybridized carbons (Fsp3) is 0.500. The number of aryl methyl sites for hydroxylation is 1. The van der Waals surface area contributed by atoms with Gasteiger partial charge in [0.2, 0.25) is 0 Å². The van der Waals surface area contributed by atoms with Crippen molar-refractivity contribution in [1.29, 1.82) is 0 Å². The predicted octanol–water partition coefficient (Wildman–Crippen LogP) is 2.78. The van der Waals surface area contributed by atoms with E-state index < -0.39 is 0 Å². The number of aromatic amines is 1. The van der Waals surface area contributed by atoms with Crippen LogP contribution in [0.5, 0.6) is 5.75 Å². The minimum Gasteiger partial charge on any atom is -0.494 e. The summed E-state index contributed by atoms with van der Waals surface area (Å²) in [7, 11) is 3.42. The van der Waals surface area contributed by atoms with E-state index >= 15 is 0 Å². The number of imidazole rings is 1. The van der Waals surface area contributed by atoms with E-state index in [0.717, 1.165) is 29.6 Å². The Balaban J connectivity index is 2.80. The Morgan fingerprint density at radius 3 is 2.56 bits per heavy atom. The van der Waals surface area contributed by atoms with Crippen LogP contribution in [-0.4, -0.2) is 16.7 Å². The number of ether oxygens (including phenoxy) is 1. The summed E-state index contributed by atoms with van der Waals surface area (Å²) in [5.41, 5.74) is 2.89. The van der Waals surface area contributed by atoms with Crippen molar-refractivity contribution in [2.45, 2.75) is 32.6 Å². The average Bonchev–Trinajstić information content (AvgIpc) is 2.68. The summed E-state index contributed by atoms with van der Waals surface area (Å²) in [6.45, 7) is 4.35. The van der Waals surface area contributed by atoms with Crippen molar-refractivity contribution in [3.05, 3.63) is 28.2 Å². The van der Waals surface area contributed by atoms with E-state index in [2.05, 4.69) is 24.9 Å². The lowest BCUT2D eigenvalue weighted by atomic mass is 9.92. The molecule has 1 N–H and O–H groups in total. The Kier molecular flexibility index (Phi) is 3.45. The smallest absolute Gasteiger partial charge is 0.326 e. The van der Waals surface area contributed by atoms with Crippen LogP contribution in [-0.2, 0) is 7.05 Å². The average molecular weight is 248 g/mol. The van der Waals surface area contributed by atoms with Crippen molar-refractivity contribution in [1.82, 2.24) is 9.55 Å². The molecule has 18 heavy (non-hydrogen) atoms. The summed E-state index contributed by atoms with van der Waals surface area (Å²) in [5.74, 6) is 1.19. The molecule has 4 heteroatoms. The van der Waals surface area contributed by atoms with Crippen LogP contribution >= 0.6 is 0 Å². The molecule has 1 heterocycles. The molecular weight excluding hydrogens is 228 g/mol. The molecule has 0 unspecified atom stereocenters. The lowest BCUT2D eigenvalue weighted by molar-refractivity contribution is 0.418. The first-order valence-electron chi connectivity index (χ1n) is 6.39. The molecule has 0 aliphatic carbocycles. The molecule has 2 rings (SSSR count). The lowest BCUT2D eigenvalue weighted by Gasteiger charge is -2.15. The van der Waals surface area contributed by atoms with Crippen LogP contribution in [0.2, 0.25) is 0 Å². The number of hydrogen-bond donors (Lipinski definition) is 1. The maximum absolute atomic E-state index is 11.8. The zero-order valence-electron chi connectivity index (χ0n) is 11.4. The van der Waals surface area contributed by atoms with Crippen molar-refractivity contribution >= 4 is 11.0 Å². The third-order valence-electron chi connectivity index (χ3n) is 3.69. The van der Waals surface area contributed by atoms with Crippen LogP contribution in [0.1, 0.15) is 38.2 Å². The standard InChI is InChI=1S/C14H20N2O2/c1-5-9(6-2)10-7-8-11(18-4)12-13(10)16(3)14(17)15-12/h7-9H,5-6H2,1-4H3,(H,15,17). The second-order valence-corrected chi connectivity index (χ2v) is 4.58. The van der Waals surface area contributed by atoms with Gasteiger partial charge in [-0.2, -0.15) is 0 Å². The fourth-order valence-corrected chi connectivity index (χ4v) is 2.59. The van der Waals surface area contributed by atoms with Gasteiger partial charge in [-0.3, -0.25) is 4.57 Å². The number of hydrogen-bond acceptors (Lipinski definition) is 2. The molecule has 0 aliphatic heterocycles. The number of aromatic nitrogens is 2. The molecule has 0 radical (unpaired) electrons. The normalized spacial score (nSPS) is 11.4. The molecule has 2 aromatic rings. The van der Waals surface area contributed by atoms with Crippen LogP contribution in [0, 0.1) is 0 Å². The molecule has 0 fully saturated rings. The number of H-pyrrole nitrogens is 1. The van der Waals surface area contributed by atoms with E-state index in [1.54, 1.807) is 18.7 Å². The Morgan fingerprint density at radius 1 is 1.33 bits per heavy atom. The summed E-state index contributed by atoms with van der Waals surface area (Å²) >= 11 is 0. The quantitative estimate of drug-likeness (QED) is 0.904. The Bertz CT molecular complexity index is 606. The molecule has 0 spiro atoms. The molecule has 4 nitrogen and oxygen atoms in total. The lowest BCUT2D eigenvalue weighted by Crippen LogP contribution is -2.13. The number of benzene rings is 1. The van der Waals surface area contributed by atoms with Crippen LogP contribution < -0.4 is 10.4 Å². The first-order chi connectivity index (χ1) is 8.63. The number of methoxy groups -OCH3 is 1. The highest BCUT2D eigenvalue weighted by molar-refractivity contribution is 5.85. The fourth-order valence-electron chi connectivity index (χ4n) is 2.59. The van der Waals surface area contributed by atoms with E-state index in [1.165, 1.54) is 5.56 Å². The van der Waals surface area contributed by atoms with E-state index in [1.807, 2.05) is 6.07 Å². The van der Waals surface area contributed by atoms with Crippen molar-refractivity contribution in [3.63, 3.8) is 0 Å². The molecule has 0 atom stereocenters. The largest absolute Gasteiger partial charge is 0.494 e. The van der Waals surface area contributed by atoms with Crippen LogP contribution in [0.15, 0.2) is 16.9 Å². The van der Waals surface area contributed by atoms with Crippen molar-refractivity contribution in [2.24, 2.45) is 7.05 Å². The highest BCUT2D eigenvalue weighted by atomic mass is 16.5. The molecule has 0 bridgehead atoms. The highest BCUT2D eigenvalue weighted by Crippen LogP contribution is 2.33.